The van der Waals surface area contributed by atoms with Gasteiger partial charge in [-0.05, 0) is 37.0 Å². The van der Waals surface area contributed by atoms with Gasteiger partial charge in [-0.3, -0.25) is 0 Å². The van der Waals surface area contributed by atoms with Crippen molar-refractivity contribution in [3.8, 4) is 0 Å². The van der Waals surface area contributed by atoms with E-state index in [1.807, 2.05) is 6.07 Å². The zero-order chi connectivity index (χ0) is 19.8. The summed E-state index contributed by atoms with van der Waals surface area (Å²) in [6, 6.07) is 6.77. The number of nitrogens with zero attached hydrogens (tertiary/aromatic N) is 2. The maximum Gasteiger partial charge on any atom is 0.407 e. The highest BCUT2D eigenvalue weighted by Crippen LogP contribution is 2.23. The van der Waals surface area contributed by atoms with Crippen LogP contribution in [-0.4, -0.2) is 40.2 Å². The number of aryl methyl sites for hydroxylation is 1. The van der Waals surface area contributed by atoms with E-state index >= 15 is 0 Å². The van der Waals surface area contributed by atoms with Crippen molar-refractivity contribution in [2.45, 2.75) is 77.2 Å². The number of anilines is 1. The van der Waals surface area contributed by atoms with Crippen LogP contribution in [0.1, 0.15) is 70.3 Å². The molecule has 1 fully saturated rings. The Morgan fingerprint density at radius 1 is 1.21 bits per heavy atom. The molecule has 1 saturated heterocycles. The molecule has 154 valence electrons. The van der Waals surface area contributed by atoms with Crippen LogP contribution in [0, 0.1) is 0 Å². The van der Waals surface area contributed by atoms with Crippen molar-refractivity contribution in [3.63, 3.8) is 0 Å². The third kappa shape index (κ3) is 5.88. The number of oxazole rings is 1. The van der Waals surface area contributed by atoms with Gasteiger partial charge >= 0.3 is 6.09 Å². The van der Waals surface area contributed by atoms with Gasteiger partial charge in [-0.25, -0.2) is 4.79 Å². The van der Waals surface area contributed by atoms with Crippen LogP contribution in [-0.2, 0) is 6.42 Å². The van der Waals surface area contributed by atoms with Crippen LogP contribution in [0.25, 0.3) is 11.1 Å². The van der Waals surface area contributed by atoms with Crippen molar-refractivity contribution in [3.05, 3.63) is 23.8 Å². The lowest BCUT2D eigenvalue weighted by molar-refractivity contribution is 0.155. The first-order chi connectivity index (χ1) is 13.7. The molecule has 0 spiro atoms. The van der Waals surface area contributed by atoms with Gasteiger partial charge < -0.3 is 19.7 Å². The molecule has 2 N–H and O–H groups in total. The molecular formula is C22H33N3O3. The smallest absolute Gasteiger partial charge is 0.407 e. The minimum atomic E-state index is -0.868. The van der Waals surface area contributed by atoms with E-state index in [1.54, 1.807) is 0 Å². The monoisotopic (exact) mass is 387 g/mol. The first-order valence-corrected chi connectivity index (χ1v) is 10.8. The number of aromatic nitrogens is 1. The molecule has 3 rings (SSSR count). The van der Waals surface area contributed by atoms with Gasteiger partial charge in [-0.2, -0.15) is 4.98 Å². The SMILES string of the molecule is CCCCCCCCCCc1ccc2oc(N[C@@H]3CCN(C(=O)O)C3)nc2c1. The third-order valence-electron chi connectivity index (χ3n) is 5.56. The van der Waals surface area contributed by atoms with Gasteiger partial charge in [-0.1, -0.05) is 57.9 Å². The molecule has 1 amide bonds. The fourth-order valence-electron chi connectivity index (χ4n) is 3.88. The van der Waals surface area contributed by atoms with Crippen molar-refractivity contribution in [1.29, 1.82) is 0 Å². The molecule has 1 aromatic carbocycles. The Kier molecular flexibility index (Phi) is 7.57. The standard InChI is InChI=1S/C22H33N3O3/c1-2-3-4-5-6-7-8-9-10-17-11-12-20-19(15-17)24-21(28-20)23-18-13-14-25(16-18)22(26)27/h11-12,15,18H,2-10,13-14,16H2,1H3,(H,23,24)(H,26,27)/t18-/m1/s1. The predicted molar refractivity (Wildman–Crippen MR) is 112 cm³/mol. The number of carbonyl (C=O) groups is 1. The Labute approximate surface area is 167 Å². The van der Waals surface area contributed by atoms with Gasteiger partial charge in [0.15, 0.2) is 5.58 Å². The van der Waals surface area contributed by atoms with Gasteiger partial charge in [0.1, 0.15) is 5.52 Å². The first-order valence-electron chi connectivity index (χ1n) is 10.8. The van der Waals surface area contributed by atoms with Gasteiger partial charge in [0, 0.05) is 19.1 Å². The number of nitrogens with one attached hydrogen (secondary N) is 1. The number of unbranched alkanes of at least 4 members (excludes halogenated alkanes) is 7. The van der Waals surface area contributed by atoms with Crippen LogP contribution in [0.4, 0.5) is 10.8 Å². The number of benzene rings is 1. The molecule has 2 aromatic rings. The molecule has 0 saturated carbocycles. The average molecular weight is 388 g/mol. The molecule has 0 unspecified atom stereocenters. The molecule has 6 heteroatoms. The second kappa shape index (κ2) is 10.3. The Balaban J connectivity index is 1.43. The number of likely N-dealkylation sites (tertiary alicyclic amines) is 1. The van der Waals surface area contributed by atoms with Crippen molar-refractivity contribution >= 4 is 23.2 Å². The molecule has 1 aliphatic rings. The topological polar surface area (TPSA) is 78.6 Å². The van der Waals surface area contributed by atoms with E-state index in [1.165, 1.54) is 61.8 Å². The second-order valence-electron chi connectivity index (χ2n) is 7.90. The molecule has 2 heterocycles. The normalized spacial score (nSPS) is 16.8. The number of fused-ring (bicyclic) bond motifs is 1. The van der Waals surface area contributed by atoms with E-state index < -0.39 is 6.09 Å². The van der Waals surface area contributed by atoms with Gasteiger partial charge in [0.25, 0.3) is 6.01 Å². The highest BCUT2D eigenvalue weighted by atomic mass is 16.4. The van der Waals surface area contributed by atoms with Gasteiger partial charge in [0.2, 0.25) is 0 Å². The van der Waals surface area contributed by atoms with E-state index in [2.05, 4.69) is 29.4 Å². The molecular weight excluding hydrogens is 354 g/mol. The molecule has 1 atom stereocenters. The van der Waals surface area contributed by atoms with Gasteiger partial charge in [0.05, 0.1) is 0 Å². The maximum atomic E-state index is 11.0. The van der Waals surface area contributed by atoms with Crippen LogP contribution in [0.15, 0.2) is 22.6 Å². The molecule has 0 radical (unpaired) electrons. The summed E-state index contributed by atoms with van der Waals surface area (Å²) < 4.78 is 5.78. The molecule has 1 aromatic heterocycles. The van der Waals surface area contributed by atoms with E-state index in [9.17, 15) is 4.79 Å². The summed E-state index contributed by atoms with van der Waals surface area (Å²) >= 11 is 0. The third-order valence-corrected chi connectivity index (χ3v) is 5.56. The average Bonchev–Trinajstić information content (AvgIpc) is 3.30. The summed E-state index contributed by atoms with van der Waals surface area (Å²) in [4.78, 5) is 17.0. The molecule has 0 bridgehead atoms. The van der Waals surface area contributed by atoms with E-state index in [0.29, 0.717) is 19.1 Å². The van der Waals surface area contributed by atoms with Crippen LogP contribution in [0.5, 0.6) is 0 Å². The number of hydrogen-bond donors (Lipinski definition) is 2. The van der Waals surface area contributed by atoms with E-state index in [-0.39, 0.29) is 6.04 Å². The zero-order valence-corrected chi connectivity index (χ0v) is 17.0. The Morgan fingerprint density at radius 3 is 2.68 bits per heavy atom. The van der Waals surface area contributed by atoms with Gasteiger partial charge in [-0.15, -0.1) is 0 Å². The van der Waals surface area contributed by atoms with Crippen LogP contribution >= 0.6 is 0 Å². The lowest BCUT2D eigenvalue weighted by Gasteiger charge is -2.12. The first kappa shape index (κ1) is 20.5. The van der Waals surface area contributed by atoms with Crippen molar-refractivity contribution < 1.29 is 14.3 Å². The van der Waals surface area contributed by atoms with E-state index in [4.69, 9.17) is 9.52 Å². The Bertz CT molecular complexity index is 759. The summed E-state index contributed by atoms with van der Waals surface area (Å²) in [5, 5.41) is 12.3. The Hall–Kier alpha value is -2.24. The fraction of sp³-hybridized carbons (Fsp3) is 0.636. The van der Waals surface area contributed by atoms with Crippen molar-refractivity contribution in [2.75, 3.05) is 18.4 Å². The van der Waals surface area contributed by atoms with Crippen molar-refractivity contribution in [2.24, 2.45) is 0 Å². The highest BCUT2D eigenvalue weighted by Gasteiger charge is 2.26. The van der Waals surface area contributed by atoms with E-state index in [0.717, 1.165) is 23.9 Å². The number of hydrogen-bond acceptors (Lipinski definition) is 4. The highest BCUT2D eigenvalue weighted by molar-refractivity contribution is 5.75. The number of rotatable bonds is 11. The summed E-state index contributed by atoms with van der Waals surface area (Å²) in [7, 11) is 0. The maximum absolute atomic E-state index is 11.0. The predicted octanol–water partition coefficient (Wildman–Crippen LogP) is 5.68. The largest absolute Gasteiger partial charge is 0.465 e. The Morgan fingerprint density at radius 2 is 1.96 bits per heavy atom. The number of carboxylic acid groups (broad SMARTS) is 1. The minimum absolute atomic E-state index is 0.0564. The number of amides is 1. The van der Waals surface area contributed by atoms with Crippen LogP contribution < -0.4 is 5.32 Å². The quantitative estimate of drug-likeness (QED) is 0.485. The lowest BCUT2D eigenvalue weighted by Crippen LogP contribution is -2.30. The molecule has 28 heavy (non-hydrogen) atoms. The second-order valence-corrected chi connectivity index (χ2v) is 7.90. The summed E-state index contributed by atoms with van der Waals surface area (Å²) in [5.74, 6) is 0. The lowest BCUT2D eigenvalue weighted by atomic mass is 10.0. The molecule has 1 aliphatic heterocycles. The van der Waals surface area contributed by atoms with Crippen LogP contribution in [0.3, 0.4) is 0 Å². The van der Waals surface area contributed by atoms with Crippen molar-refractivity contribution in [1.82, 2.24) is 9.88 Å². The summed E-state index contributed by atoms with van der Waals surface area (Å²) in [5.41, 5.74) is 2.94. The molecule has 0 aliphatic carbocycles. The van der Waals surface area contributed by atoms with Crippen LogP contribution in [0.2, 0.25) is 0 Å². The zero-order valence-electron chi connectivity index (χ0n) is 17.0. The summed E-state index contributed by atoms with van der Waals surface area (Å²) in [6.07, 6.45) is 11.6. The minimum Gasteiger partial charge on any atom is -0.465 e. The molecule has 6 nitrogen and oxygen atoms in total. The fourth-order valence-corrected chi connectivity index (χ4v) is 3.88. The summed E-state index contributed by atoms with van der Waals surface area (Å²) in [6.45, 7) is 3.28.